The Bertz CT molecular complexity index is 536. The highest BCUT2D eigenvalue weighted by molar-refractivity contribution is 5.82. The molecule has 0 spiro atoms. The van der Waals surface area contributed by atoms with Crippen molar-refractivity contribution in [3.05, 3.63) is 23.8 Å². The molecule has 0 saturated heterocycles. The molecule has 0 aliphatic heterocycles. The van der Waals surface area contributed by atoms with Gasteiger partial charge in [0.15, 0.2) is 5.82 Å². The lowest BCUT2D eigenvalue weighted by molar-refractivity contribution is -0.123. The van der Waals surface area contributed by atoms with Crippen molar-refractivity contribution in [3.63, 3.8) is 0 Å². The molecule has 4 nitrogen and oxygen atoms in total. The maximum atomic E-state index is 12.4. The first kappa shape index (κ1) is 12.3. The quantitative estimate of drug-likeness (QED) is 0.894. The Kier molecular flexibility index (Phi) is 2.79. The smallest absolute Gasteiger partial charge is 0.224 e. The Morgan fingerprint density at radius 2 is 2.15 bits per heavy atom. The first-order chi connectivity index (χ1) is 9.72. The standard InChI is InChI=1S/C16H21N3O/c1-9-6-7-17-15(18-9)14(11-4-5-11)19-16(20)13-8-12(13)10-2-3-10/h6-7,10-14H,2-5,8H2,1H3,(H,19,20)/t12-,13+,14+/m0/s1. The fourth-order valence-electron chi connectivity index (χ4n) is 3.26. The molecule has 3 saturated carbocycles. The van der Waals surface area contributed by atoms with Gasteiger partial charge in [-0.05, 0) is 62.8 Å². The largest absolute Gasteiger partial charge is 0.346 e. The molecule has 0 radical (unpaired) electrons. The van der Waals surface area contributed by atoms with Crippen LogP contribution in [0.15, 0.2) is 12.3 Å². The summed E-state index contributed by atoms with van der Waals surface area (Å²) < 4.78 is 0. The average Bonchev–Trinajstić information content (AvgIpc) is 3.27. The number of amides is 1. The molecule has 0 bridgehead atoms. The fourth-order valence-corrected chi connectivity index (χ4v) is 3.26. The van der Waals surface area contributed by atoms with Crippen LogP contribution < -0.4 is 5.32 Å². The molecule has 20 heavy (non-hydrogen) atoms. The van der Waals surface area contributed by atoms with Crippen molar-refractivity contribution >= 4 is 5.91 Å². The average molecular weight is 271 g/mol. The summed E-state index contributed by atoms with van der Waals surface area (Å²) in [7, 11) is 0. The van der Waals surface area contributed by atoms with Gasteiger partial charge in [-0.3, -0.25) is 4.79 Å². The number of nitrogens with one attached hydrogen (secondary N) is 1. The topological polar surface area (TPSA) is 54.9 Å². The van der Waals surface area contributed by atoms with Crippen LogP contribution >= 0.6 is 0 Å². The third-order valence-corrected chi connectivity index (χ3v) is 4.89. The molecule has 3 fully saturated rings. The number of hydrogen-bond donors (Lipinski definition) is 1. The van der Waals surface area contributed by atoms with Crippen LogP contribution in [0.1, 0.15) is 49.7 Å². The van der Waals surface area contributed by atoms with Crippen LogP contribution in [0.3, 0.4) is 0 Å². The Balaban J connectivity index is 1.45. The van der Waals surface area contributed by atoms with Crippen LogP contribution in [0.25, 0.3) is 0 Å². The van der Waals surface area contributed by atoms with Crippen molar-refractivity contribution in [1.82, 2.24) is 15.3 Å². The van der Waals surface area contributed by atoms with E-state index in [1.807, 2.05) is 13.0 Å². The van der Waals surface area contributed by atoms with Gasteiger partial charge in [0.2, 0.25) is 5.91 Å². The van der Waals surface area contributed by atoms with Crippen LogP contribution in [0.2, 0.25) is 0 Å². The van der Waals surface area contributed by atoms with Crippen molar-refractivity contribution in [2.75, 3.05) is 0 Å². The van der Waals surface area contributed by atoms with Gasteiger partial charge in [0.25, 0.3) is 0 Å². The molecule has 1 aromatic rings. The summed E-state index contributed by atoms with van der Waals surface area (Å²) in [6.45, 7) is 1.97. The van der Waals surface area contributed by atoms with Gasteiger partial charge in [-0.2, -0.15) is 0 Å². The number of carbonyl (C=O) groups excluding carboxylic acids is 1. The summed E-state index contributed by atoms with van der Waals surface area (Å²) in [4.78, 5) is 21.3. The minimum Gasteiger partial charge on any atom is -0.346 e. The highest BCUT2D eigenvalue weighted by atomic mass is 16.2. The second-order valence-corrected chi connectivity index (χ2v) is 6.72. The van der Waals surface area contributed by atoms with Crippen molar-refractivity contribution < 1.29 is 4.79 Å². The molecule has 0 aromatic carbocycles. The Morgan fingerprint density at radius 1 is 1.35 bits per heavy atom. The zero-order valence-corrected chi connectivity index (χ0v) is 11.9. The maximum absolute atomic E-state index is 12.4. The van der Waals surface area contributed by atoms with Gasteiger partial charge in [0.05, 0.1) is 6.04 Å². The molecule has 1 N–H and O–H groups in total. The predicted octanol–water partition coefficient (Wildman–Crippen LogP) is 2.40. The second kappa shape index (κ2) is 4.54. The van der Waals surface area contributed by atoms with E-state index in [0.29, 0.717) is 11.8 Å². The third kappa shape index (κ3) is 2.43. The van der Waals surface area contributed by atoms with Gasteiger partial charge in [-0.1, -0.05) is 0 Å². The number of aryl methyl sites for hydroxylation is 1. The number of carbonyl (C=O) groups is 1. The first-order valence-corrected chi connectivity index (χ1v) is 7.82. The summed E-state index contributed by atoms with van der Waals surface area (Å²) in [6, 6.07) is 1.93. The number of rotatable bonds is 5. The predicted molar refractivity (Wildman–Crippen MR) is 74.7 cm³/mol. The summed E-state index contributed by atoms with van der Waals surface area (Å²) in [5.41, 5.74) is 0.970. The van der Waals surface area contributed by atoms with E-state index in [0.717, 1.165) is 23.9 Å². The Morgan fingerprint density at radius 3 is 2.80 bits per heavy atom. The van der Waals surface area contributed by atoms with Crippen LogP contribution in [0.5, 0.6) is 0 Å². The van der Waals surface area contributed by atoms with Crippen molar-refractivity contribution in [2.45, 2.75) is 45.1 Å². The zero-order chi connectivity index (χ0) is 13.7. The van der Waals surface area contributed by atoms with Crippen molar-refractivity contribution in [1.29, 1.82) is 0 Å². The molecular weight excluding hydrogens is 250 g/mol. The van der Waals surface area contributed by atoms with Crippen molar-refractivity contribution in [3.8, 4) is 0 Å². The lowest BCUT2D eigenvalue weighted by Crippen LogP contribution is -2.32. The molecule has 106 valence electrons. The number of aromatic nitrogens is 2. The van der Waals surface area contributed by atoms with E-state index in [4.69, 9.17) is 0 Å². The normalized spacial score (nSPS) is 29.9. The lowest BCUT2D eigenvalue weighted by Gasteiger charge is -2.17. The zero-order valence-electron chi connectivity index (χ0n) is 11.9. The van der Waals surface area contributed by atoms with E-state index in [1.165, 1.54) is 25.7 Å². The molecule has 4 rings (SSSR count). The SMILES string of the molecule is Cc1ccnc([C@H](NC(=O)[C@@H]2C[C@H]2C2CC2)C2CC2)n1. The molecule has 3 aliphatic rings. The van der Waals surface area contributed by atoms with Gasteiger partial charge in [-0.25, -0.2) is 9.97 Å². The van der Waals surface area contributed by atoms with Crippen molar-refractivity contribution in [2.24, 2.45) is 23.7 Å². The van der Waals surface area contributed by atoms with Crippen LogP contribution in [-0.2, 0) is 4.79 Å². The van der Waals surface area contributed by atoms with Gasteiger partial charge in [0.1, 0.15) is 0 Å². The molecule has 1 heterocycles. The number of nitrogens with zero attached hydrogens (tertiary/aromatic N) is 2. The van der Waals surface area contributed by atoms with Gasteiger partial charge in [0, 0.05) is 17.8 Å². The van der Waals surface area contributed by atoms with E-state index in [-0.39, 0.29) is 17.9 Å². The van der Waals surface area contributed by atoms with E-state index >= 15 is 0 Å². The number of hydrogen-bond acceptors (Lipinski definition) is 3. The van der Waals surface area contributed by atoms with Crippen LogP contribution in [0.4, 0.5) is 0 Å². The molecule has 3 atom stereocenters. The molecule has 1 amide bonds. The van der Waals surface area contributed by atoms with E-state index in [9.17, 15) is 4.79 Å². The molecule has 0 unspecified atom stereocenters. The molecule has 3 aliphatic carbocycles. The highest BCUT2D eigenvalue weighted by Gasteiger charge is 2.52. The summed E-state index contributed by atoms with van der Waals surface area (Å²) >= 11 is 0. The van der Waals surface area contributed by atoms with Crippen LogP contribution in [-0.4, -0.2) is 15.9 Å². The summed E-state index contributed by atoms with van der Waals surface area (Å²) in [5, 5.41) is 3.23. The monoisotopic (exact) mass is 271 g/mol. The fraction of sp³-hybridized carbons (Fsp3) is 0.688. The second-order valence-electron chi connectivity index (χ2n) is 6.72. The maximum Gasteiger partial charge on any atom is 0.224 e. The lowest BCUT2D eigenvalue weighted by atomic mass is 10.1. The van der Waals surface area contributed by atoms with E-state index < -0.39 is 0 Å². The summed E-state index contributed by atoms with van der Waals surface area (Å²) in [6.07, 6.45) is 7.92. The van der Waals surface area contributed by atoms with Gasteiger partial charge in [-0.15, -0.1) is 0 Å². The van der Waals surface area contributed by atoms with E-state index in [2.05, 4.69) is 15.3 Å². The highest BCUT2D eigenvalue weighted by Crippen LogP contribution is 2.54. The Hall–Kier alpha value is -1.45. The minimum absolute atomic E-state index is 0.0304. The summed E-state index contributed by atoms with van der Waals surface area (Å²) in [5.74, 6) is 3.37. The molecule has 1 aromatic heterocycles. The third-order valence-electron chi connectivity index (χ3n) is 4.89. The van der Waals surface area contributed by atoms with Crippen LogP contribution in [0, 0.1) is 30.6 Å². The van der Waals surface area contributed by atoms with Gasteiger partial charge < -0.3 is 5.32 Å². The first-order valence-electron chi connectivity index (χ1n) is 7.82. The van der Waals surface area contributed by atoms with E-state index in [1.54, 1.807) is 6.20 Å². The molecular formula is C16H21N3O. The molecule has 4 heteroatoms. The Labute approximate surface area is 119 Å². The van der Waals surface area contributed by atoms with Gasteiger partial charge >= 0.3 is 0 Å². The minimum atomic E-state index is 0.0304.